The minimum atomic E-state index is -0.983. The van der Waals surface area contributed by atoms with E-state index >= 15 is 0 Å². The molecule has 1 rings (SSSR count). The topological polar surface area (TPSA) is 123 Å². The summed E-state index contributed by atoms with van der Waals surface area (Å²) in [6.45, 7) is 5.42. The Labute approximate surface area is 104 Å². The number of aliphatic carboxylic acids is 1. The number of anilines is 1. The molecule has 0 saturated heterocycles. The number of carbonyl (C=O) groups is 2. The van der Waals surface area contributed by atoms with Crippen molar-refractivity contribution in [2.45, 2.75) is 32.7 Å². The second-order valence-corrected chi connectivity index (χ2v) is 4.77. The third kappa shape index (κ3) is 3.19. The van der Waals surface area contributed by atoms with Crippen molar-refractivity contribution in [1.29, 1.82) is 0 Å². The number of hydrogen-bond donors (Lipinski definition) is 2. The number of carboxylic acid groups (broad SMARTS) is 1. The minimum Gasteiger partial charge on any atom is -0.481 e. The highest BCUT2D eigenvalue weighted by molar-refractivity contribution is 5.96. The molecule has 0 atom stereocenters. The summed E-state index contributed by atoms with van der Waals surface area (Å²) < 4.78 is 4.37. The van der Waals surface area contributed by atoms with Crippen molar-refractivity contribution < 1.29 is 19.3 Å². The minimum absolute atomic E-state index is 0.0595. The van der Waals surface area contributed by atoms with Crippen LogP contribution < -0.4 is 5.73 Å². The normalized spacial score (nSPS) is 11.3. The van der Waals surface area contributed by atoms with E-state index in [0.29, 0.717) is 0 Å². The molecule has 0 unspecified atom stereocenters. The lowest BCUT2D eigenvalue weighted by atomic mass is 10.0. The molecule has 1 heterocycles. The molecule has 0 saturated carbocycles. The third-order valence-electron chi connectivity index (χ3n) is 2.32. The lowest BCUT2D eigenvalue weighted by molar-refractivity contribution is -0.137. The molecule has 1 aromatic rings. The Bertz CT molecular complexity index is 449. The summed E-state index contributed by atoms with van der Waals surface area (Å²) in [4.78, 5) is 24.1. The van der Waals surface area contributed by atoms with E-state index in [1.165, 1.54) is 4.90 Å². The van der Waals surface area contributed by atoms with Gasteiger partial charge in [-0.05, 0) is 31.1 Å². The van der Waals surface area contributed by atoms with E-state index in [1.807, 2.05) is 0 Å². The molecule has 8 nitrogen and oxygen atoms in total. The van der Waals surface area contributed by atoms with Gasteiger partial charge in [-0.2, -0.15) is 0 Å². The average Bonchev–Trinajstić information content (AvgIpc) is 2.61. The molecule has 100 valence electrons. The molecule has 0 spiro atoms. The van der Waals surface area contributed by atoms with Crippen LogP contribution in [0.1, 0.15) is 37.7 Å². The predicted molar refractivity (Wildman–Crippen MR) is 61.8 cm³/mol. The molecule has 0 aliphatic rings. The van der Waals surface area contributed by atoms with Crippen LogP contribution in [0.3, 0.4) is 0 Å². The highest BCUT2D eigenvalue weighted by Gasteiger charge is 2.31. The Kier molecular flexibility index (Phi) is 3.89. The zero-order valence-corrected chi connectivity index (χ0v) is 10.5. The summed E-state index contributed by atoms with van der Waals surface area (Å²) in [5, 5.41) is 15.4. The molecule has 0 bridgehead atoms. The predicted octanol–water partition coefficient (Wildman–Crippen LogP) is 0.367. The molecule has 0 fully saturated rings. The first-order chi connectivity index (χ1) is 8.23. The Balaban J connectivity index is 2.94. The SMILES string of the molecule is CC(C)(C)N(CCC(=O)O)C(=O)c1nonc1N. The fraction of sp³-hybridized carbons (Fsp3) is 0.600. The standard InChI is InChI=1S/C10H16N4O4/c1-10(2,3)14(5-4-6(15)16)9(17)7-8(11)13-18-12-7/h4-5H2,1-3H3,(H2,11,13)(H,15,16). The van der Waals surface area contributed by atoms with Gasteiger partial charge in [0.25, 0.3) is 5.91 Å². The Morgan fingerprint density at radius 2 is 2.00 bits per heavy atom. The van der Waals surface area contributed by atoms with E-state index in [9.17, 15) is 9.59 Å². The number of nitrogen functional groups attached to an aromatic ring is 1. The fourth-order valence-electron chi connectivity index (χ4n) is 1.42. The fourth-order valence-corrected chi connectivity index (χ4v) is 1.42. The van der Waals surface area contributed by atoms with Gasteiger partial charge < -0.3 is 15.7 Å². The van der Waals surface area contributed by atoms with Gasteiger partial charge in [-0.15, -0.1) is 0 Å². The van der Waals surface area contributed by atoms with Crippen LogP contribution in [0.25, 0.3) is 0 Å². The van der Waals surface area contributed by atoms with Crippen molar-refractivity contribution in [1.82, 2.24) is 15.2 Å². The van der Waals surface area contributed by atoms with E-state index in [0.717, 1.165) is 0 Å². The van der Waals surface area contributed by atoms with Crippen molar-refractivity contribution in [3.05, 3.63) is 5.69 Å². The first-order valence-corrected chi connectivity index (χ1v) is 5.35. The number of amides is 1. The van der Waals surface area contributed by atoms with E-state index in [4.69, 9.17) is 10.8 Å². The smallest absolute Gasteiger partial charge is 0.305 e. The van der Waals surface area contributed by atoms with Crippen molar-refractivity contribution >= 4 is 17.7 Å². The molecular weight excluding hydrogens is 240 g/mol. The van der Waals surface area contributed by atoms with Crippen molar-refractivity contribution in [3.8, 4) is 0 Å². The Hall–Kier alpha value is -2.12. The summed E-state index contributed by atoms with van der Waals surface area (Å²) in [5.41, 5.74) is 4.79. The number of rotatable bonds is 4. The lowest BCUT2D eigenvalue weighted by Gasteiger charge is -2.34. The molecule has 3 N–H and O–H groups in total. The number of nitrogens with two attached hydrogens (primary N) is 1. The van der Waals surface area contributed by atoms with E-state index in [2.05, 4.69) is 14.9 Å². The van der Waals surface area contributed by atoms with Crippen LogP contribution >= 0.6 is 0 Å². The number of carbonyl (C=O) groups excluding carboxylic acids is 1. The van der Waals surface area contributed by atoms with Crippen molar-refractivity contribution in [3.63, 3.8) is 0 Å². The molecule has 0 aromatic carbocycles. The number of hydrogen-bond acceptors (Lipinski definition) is 6. The van der Waals surface area contributed by atoms with Gasteiger partial charge in [0.05, 0.1) is 6.42 Å². The quantitative estimate of drug-likeness (QED) is 0.797. The number of carboxylic acids is 1. The molecule has 1 aromatic heterocycles. The van der Waals surface area contributed by atoms with Gasteiger partial charge >= 0.3 is 5.97 Å². The highest BCUT2D eigenvalue weighted by atomic mass is 16.6. The molecule has 0 aliphatic heterocycles. The molecular formula is C10H16N4O4. The molecule has 0 aliphatic carbocycles. The van der Waals surface area contributed by atoms with Crippen LogP contribution in [0, 0.1) is 0 Å². The zero-order chi connectivity index (χ0) is 13.9. The second kappa shape index (κ2) is 5.03. The average molecular weight is 256 g/mol. The van der Waals surface area contributed by atoms with Crippen molar-refractivity contribution in [2.75, 3.05) is 12.3 Å². The van der Waals surface area contributed by atoms with Crippen LogP contribution in [-0.4, -0.2) is 44.3 Å². The summed E-state index contributed by atoms with van der Waals surface area (Å²) in [6, 6.07) is 0. The summed E-state index contributed by atoms with van der Waals surface area (Å²) in [7, 11) is 0. The van der Waals surface area contributed by atoms with Crippen LogP contribution in [0.2, 0.25) is 0 Å². The van der Waals surface area contributed by atoms with Crippen LogP contribution in [-0.2, 0) is 4.79 Å². The van der Waals surface area contributed by atoms with Gasteiger partial charge in [0.1, 0.15) is 0 Å². The maximum atomic E-state index is 12.2. The lowest BCUT2D eigenvalue weighted by Crippen LogP contribution is -2.47. The van der Waals surface area contributed by atoms with Crippen LogP contribution in [0.5, 0.6) is 0 Å². The summed E-state index contributed by atoms with van der Waals surface area (Å²) in [6.07, 6.45) is -0.159. The monoisotopic (exact) mass is 256 g/mol. The number of nitrogens with zero attached hydrogens (tertiary/aromatic N) is 3. The number of aromatic nitrogens is 2. The Morgan fingerprint density at radius 1 is 1.39 bits per heavy atom. The van der Waals surface area contributed by atoms with E-state index < -0.39 is 17.4 Å². The first-order valence-electron chi connectivity index (χ1n) is 5.35. The van der Waals surface area contributed by atoms with Gasteiger partial charge in [0, 0.05) is 12.1 Å². The zero-order valence-electron chi connectivity index (χ0n) is 10.5. The van der Waals surface area contributed by atoms with Crippen LogP contribution in [0.4, 0.5) is 5.82 Å². The van der Waals surface area contributed by atoms with E-state index in [1.54, 1.807) is 20.8 Å². The van der Waals surface area contributed by atoms with Gasteiger partial charge in [0.2, 0.25) is 11.5 Å². The van der Waals surface area contributed by atoms with Gasteiger partial charge in [-0.25, -0.2) is 4.63 Å². The molecule has 0 radical (unpaired) electrons. The third-order valence-corrected chi connectivity index (χ3v) is 2.32. The van der Waals surface area contributed by atoms with Crippen molar-refractivity contribution in [2.24, 2.45) is 0 Å². The first kappa shape index (κ1) is 13.9. The summed E-state index contributed by atoms with van der Waals surface area (Å²) in [5.74, 6) is -1.59. The van der Waals surface area contributed by atoms with Gasteiger partial charge in [-0.3, -0.25) is 9.59 Å². The largest absolute Gasteiger partial charge is 0.481 e. The molecule has 8 heteroatoms. The van der Waals surface area contributed by atoms with Crippen LogP contribution in [0.15, 0.2) is 4.63 Å². The van der Waals surface area contributed by atoms with E-state index in [-0.39, 0.29) is 24.5 Å². The van der Waals surface area contributed by atoms with Gasteiger partial charge in [-0.1, -0.05) is 0 Å². The molecule has 18 heavy (non-hydrogen) atoms. The van der Waals surface area contributed by atoms with Gasteiger partial charge in [0.15, 0.2) is 0 Å². The maximum absolute atomic E-state index is 12.2. The highest BCUT2D eigenvalue weighted by Crippen LogP contribution is 2.19. The maximum Gasteiger partial charge on any atom is 0.305 e. The summed E-state index contributed by atoms with van der Waals surface area (Å²) >= 11 is 0. The second-order valence-electron chi connectivity index (χ2n) is 4.77. The molecule has 1 amide bonds. The Morgan fingerprint density at radius 3 is 2.39 bits per heavy atom.